The lowest BCUT2D eigenvalue weighted by molar-refractivity contribution is -0.123. The van der Waals surface area contributed by atoms with Crippen LogP contribution in [0.25, 0.3) is 11.7 Å². The molecule has 5 rings (SSSR count). The van der Waals surface area contributed by atoms with E-state index in [0.29, 0.717) is 26.3 Å². The topological polar surface area (TPSA) is 61.2 Å². The maximum absolute atomic E-state index is 13.6. The SMILES string of the molecule is CCN1CCN(c2nc3ccccn3c(=O)c2/C=C2\SC(=S)N([C@H](C)c3ccccc3)C2=O)CC1. The van der Waals surface area contributed by atoms with E-state index in [1.54, 1.807) is 23.2 Å². The second-order valence-electron chi connectivity index (χ2n) is 8.64. The van der Waals surface area contributed by atoms with Gasteiger partial charge in [0, 0.05) is 32.4 Å². The summed E-state index contributed by atoms with van der Waals surface area (Å²) < 4.78 is 2.02. The van der Waals surface area contributed by atoms with Gasteiger partial charge >= 0.3 is 0 Å². The number of anilines is 1. The summed E-state index contributed by atoms with van der Waals surface area (Å²) >= 11 is 6.83. The maximum Gasteiger partial charge on any atom is 0.267 e. The fourth-order valence-electron chi connectivity index (χ4n) is 4.56. The van der Waals surface area contributed by atoms with Crippen molar-refractivity contribution < 1.29 is 4.79 Å². The molecule has 180 valence electrons. The molecule has 1 atom stereocenters. The van der Waals surface area contributed by atoms with Gasteiger partial charge in [0.2, 0.25) is 0 Å². The average molecular weight is 506 g/mol. The Balaban J connectivity index is 1.55. The van der Waals surface area contributed by atoms with Gasteiger partial charge < -0.3 is 9.80 Å². The van der Waals surface area contributed by atoms with Gasteiger partial charge in [0.1, 0.15) is 15.8 Å². The van der Waals surface area contributed by atoms with Crippen LogP contribution in [0.5, 0.6) is 0 Å². The fourth-order valence-corrected chi connectivity index (χ4v) is 5.96. The molecule has 7 nitrogen and oxygen atoms in total. The Hall–Kier alpha value is -3.01. The van der Waals surface area contributed by atoms with Gasteiger partial charge in [-0.3, -0.25) is 18.9 Å². The van der Waals surface area contributed by atoms with E-state index in [9.17, 15) is 9.59 Å². The number of likely N-dealkylation sites (N-methyl/N-ethyl adjacent to an activating group) is 1. The lowest BCUT2D eigenvalue weighted by Crippen LogP contribution is -2.47. The zero-order valence-electron chi connectivity index (χ0n) is 19.8. The molecule has 2 aliphatic heterocycles. The number of benzene rings is 1. The van der Waals surface area contributed by atoms with Crippen molar-refractivity contribution in [1.82, 2.24) is 19.2 Å². The van der Waals surface area contributed by atoms with E-state index in [-0.39, 0.29) is 17.5 Å². The van der Waals surface area contributed by atoms with E-state index < -0.39 is 0 Å². The minimum Gasteiger partial charge on any atom is -0.353 e. The number of rotatable bonds is 5. The van der Waals surface area contributed by atoms with Crippen molar-refractivity contribution in [3.8, 4) is 0 Å². The Kier molecular flexibility index (Phi) is 6.73. The van der Waals surface area contributed by atoms with Gasteiger partial charge in [-0.2, -0.15) is 0 Å². The molecule has 0 unspecified atom stereocenters. The van der Waals surface area contributed by atoms with Gasteiger partial charge in [-0.05, 0) is 37.2 Å². The molecule has 2 aliphatic rings. The Morgan fingerprint density at radius 1 is 1.06 bits per heavy atom. The molecule has 2 aromatic heterocycles. The van der Waals surface area contributed by atoms with Crippen LogP contribution in [0.3, 0.4) is 0 Å². The van der Waals surface area contributed by atoms with E-state index in [2.05, 4.69) is 16.7 Å². The number of thiocarbonyl (C=S) groups is 1. The number of fused-ring (bicyclic) bond motifs is 1. The van der Waals surface area contributed by atoms with Crippen LogP contribution < -0.4 is 10.5 Å². The summed E-state index contributed by atoms with van der Waals surface area (Å²) in [5.74, 6) is 0.439. The van der Waals surface area contributed by atoms with Crippen LogP contribution >= 0.6 is 24.0 Å². The van der Waals surface area contributed by atoms with E-state index in [1.165, 1.54) is 16.2 Å². The van der Waals surface area contributed by atoms with Crippen LogP contribution in [-0.2, 0) is 4.79 Å². The Morgan fingerprint density at radius 2 is 1.77 bits per heavy atom. The van der Waals surface area contributed by atoms with E-state index in [1.807, 2.05) is 49.4 Å². The third kappa shape index (κ3) is 4.51. The summed E-state index contributed by atoms with van der Waals surface area (Å²) in [5, 5.41) is 0. The molecule has 1 amide bonds. The number of hydrogen-bond donors (Lipinski definition) is 0. The average Bonchev–Trinajstić information content (AvgIpc) is 3.18. The predicted octanol–water partition coefficient (Wildman–Crippen LogP) is 3.80. The summed E-state index contributed by atoms with van der Waals surface area (Å²) in [4.78, 5) is 38.5. The number of hydrogen-bond acceptors (Lipinski definition) is 7. The molecule has 2 fully saturated rings. The summed E-state index contributed by atoms with van der Waals surface area (Å²) in [6.07, 6.45) is 3.40. The van der Waals surface area contributed by atoms with E-state index >= 15 is 0 Å². The molecule has 3 aromatic rings. The monoisotopic (exact) mass is 505 g/mol. The van der Waals surface area contributed by atoms with Crippen LogP contribution in [0.4, 0.5) is 5.82 Å². The van der Waals surface area contributed by atoms with Crippen molar-refractivity contribution in [1.29, 1.82) is 0 Å². The molecule has 0 radical (unpaired) electrons. The normalized spacial score (nSPS) is 19.2. The first-order valence-electron chi connectivity index (χ1n) is 11.8. The smallest absolute Gasteiger partial charge is 0.267 e. The molecule has 0 bridgehead atoms. The Morgan fingerprint density at radius 3 is 2.49 bits per heavy atom. The molecule has 0 saturated carbocycles. The number of nitrogens with zero attached hydrogens (tertiary/aromatic N) is 5. The predicted molar refractivity (Wildman–Crippen MR) is 146 cm³/mol. The molecule has 0 spiro atoms. The molecule has 4 heterocycles. The van der Waals surface area contributed by atoms with Gasteiger partial charge in [-0.25, -0.2) is 4.98 Å². The first-order valence-corrected chi connectivity index (χ1v) is 13.0. The second-order valence-corrected chi connectivity index (χ2v) is 10.3. The molecule has 2 saturated heterocycles. The van der Waals surface area contributed by atoms with Crippen molar-refractivity contribution >= 4 is 51.7 Å². The highest BCUT2D eigenvalue weighted by atomic mass is 32.2. The third-order valence-corrected chi connectivity index (χ3v) is 7.97. The third-order valence-electron chi connectivity index (χ3n) is 6.64. The Labute approximate surface area is 214 Å². The zero-order valence-corrected chi connectivity index (χ0v) is 21.4. The van der Waals surface area contributed by atoms with Crippen LogP contribution in [-0.4, -0.2) is 62.1 Å². The maximum atomic E-state index is 13.6. The second kappa shape index (κ2) is 9.93. The zero-order chi connectivity index (χ0) is 24.5. The summed E-state index contributed by atoms with van der Waals surface area (Å²) in [7, 11) is 0. The minimum absolute atomic E-state index is 0.185. The molecule has 0 N–H and O–H groups in total. The van der Waals surface area contributed by atoms with Crippen LogP contribution in [0.2, 0.25) is 0 Å². The molecule has 9 heteroatoms. The molecule has 1 aromatic carbocycles. The quantitative estimate of drug-likeness (QED) is 0.386. The highest BCUT2D eigenvalue weighted by Gasteiger charge is 2.36. The van der Waals surface area contributed by atoms with Crippen LogP contribution in [0, 0.1) is 0 Å². The van der Waals surface area contributed by atoms with E-state index in [0.717, 1.165) is 38.3 Å². The number of thioether (sulfide) groups is 1. The van der Waals surface area contributed by atoms with Gasteiger partial charge in [0.15, 0.2) is 0 Å². The molecular formula is C26H27N5O2S2. The first-order chi connectivity index (χ1) is 17.0. The lowest BCUT2D eigenvalue weighted by atomic mass is 10.1. The first kappa shape index (κ1) is 23.7. The highest BCUT2D eigenvalue weighted by molar-refractivity contribution is 8.26. The lowest BCUT2D eigenvalue weighted by Gasteiger charge is -2.35. The van der Waals surface area contributed by atoms with E-state index in [4.69, 9.17) is 17.2 Å². The number of carbonyl (C=O) groups excluding carboxylic acids is 1. The summed E-state index contributed by atoms with van der Waals surface area (Å²) in [6, 6.07) is 15.1. The minimum atomic E-state index is -0.202. The van der Waals surface area contributed by atoms with Gasteiger partial charge in [-0.1, -0.05) is 67.3 Å². The van der Waals surface area contributed by atoms with Crippen molar-refractivity contribution in [2.24, 2.45) is 0 Å². The van der Waals surface area contributed by atoms with Crippen LogP contribution in [0.15, 0.2) is 64.4 Å². The Bertz CT molecular complexity index is 1360. The largest absolute Gasteiger partial charge is 0.353 e. The van der Waals surface area contributed by atoms with Gasteiger partial charge in [0.25, 0.3) is 11.5 Å². The number of piperazine rings is 1. The van der Waals surface area contributed by atoms with Crippen molar-refractivity contribution in [3.05, 3.63) is 81.1 Å². The number of carbonyl (C=O) groups is 1. The molecule has 35 heavy (non-hydrogen) atoms. The number of pyridine rings is 1. The van der Waals surface area contributed by atoms with Crippen molar-refractivity contribution in [2.45, 2.75) is 19.9 Å². The standard InChI is InChI=1S/C26H27N5O2S2/c1-3-28-13-15-29(16-14-28)23-20(24(32)30-12-8-7-11-22(30)27-23)17-21-25(33)31(26(34)35-21)18(2)19-9-5-4-6-10-19/h4-12,17-18H,3,13-16H2,1-2H3/b21-17-/t18-/m1/s1. The van der Waals surface area contributed by atoms with Crippen molar-refractivity contribution in [3.63, 3.8) is 0 Å². The molecule has 0 aliphatic carbocycles. The fraction of sp³-hybridized carbons (Fsp3) is 0.308. The summed E-state index contributed by atoms with van der Waals surface area (Å²) in [6.45, 7) is 8.47. The van der Waals surface area contributed by atoms with Gasteiger partial charge in [0.05, 0.1) is 16.5 Å². The van der Waals surface area contributed by atoms with Crippen molar-refractivity contribution in [2.75, 3.05) is 37.6 Å². The van der Waals surface area contributed by atoms with Crippen LogP contribution in [0.1, 0.15) is 31.0 Å². The van der Waals surface area contributed by atoms with Gasteiger partial charge in [-0.15, -0.1) is 0 Å². The number of amides is 1. The molecular weight excluding hydrogens is 478 g/mol. The number of aromatic nitrogens is 2. The highest BCUT2D eigenvalue weighted by Crippen LogP contribution is 2.38. The summed E-state index contributed by atoms with van der Waals surface area (Å²) in [5.41, 5.74) is 1.83.